The van der Waals surface area contributed by atoms with Gasteiger partial charge in [-0.25, -0.2) is 0 Å². The van der Waals surface area contributed by atoms with Crippen molar-refractivity contribution in [3.63, 3.8) is 0 Å². The number of carbonyl (C=O) groups is 2. The number of benzene rings is 2. The molecule has 1 atom stereocenters. The summed E-state index contributed by atoms with van der Waals surface area (Å²) in [6, 6.07) is 9.71. The van der Waals surface area contributed by atoms with Gasteiger partial charge in [0.05, 0.1) is 23.1 Å². The lowest BCUT2D eigenvalue weighted by Gasteiger charge is -2.19. The molecule has 10 nitrogen and oxygen atoms in total. The molecule has 0 fully saturated rings. The van der Waals surface area contributed by atoms with E-state index in [0.29, 0.717) is 17.9 Å². The van der Waals surface area contributed by atoms with Crippen LogP contribution in [0.4, 0.5) is 11.4 Å². The van der Waals surface area contributed by atoms with E-state index in [4.69, 9.17) is 9.84 Å². The topological polar surface area (TPSA) is 115 Å². The standard InChI is InChI=1S/C25H27N7O3/c1-14-7-22(33)29-20-10-17(35-13-23(34)26-2)9-18(25(20)28-14)15-5-6-21-19(8-15)24(30-32(21)4)16-11-27-31(3)12-16/h5-6,8-12,14,28H,7,13H2,1-4H3,(H,26,34)(H,29,33). The Morgan fingerprint density at radius 3 is 2.80 bits per heavy atom. The Morgan fingerprint density at radius 2 is 2.06 bits per heavy atom. The average molecular weight is 474 g/mol. The highest BCUT2D eigenvalue weighted by Crippen LogP contribution is 2.42. The summed E-state index contributed by atoms with van der Waals surface area (Å²) < 4.78 is 9.36. The molecule has 180 valence electrons. The molecule has 0 saturated heterocycles. The molecule has 2 amide bonds. The zero-order valence-electron chi connectivity index (χ0n) is 20.0. The molecule has 0 saturated carbocycles. The molecule has 0 radical (unpaired) electrons. The molecule has 2 aromatic heterocycles. The molecule has 0 bridgehead atoms. The van der Waals surface area contributed by atoms with Crippen molar-refractivity contribution in [1.82, 2.24) is 24.9 Å². The number of ether oxygens (including phenoxy) is 1. The lowest BCUT2D eigenvalue weighted by Crippen LogP contribution is -2.24. The molecule has 0 aliphatic carbocycles. The molecular formula is C25H27N7O3. The molecule has 2 aromatic carbocycles. The Hall–Kier alpha value is -4.34. The van der Waals surface area contributed by atoms with Crippen molar-refractivity contribution >= 4 is 34.1 Å². The molecule has 3 heterocycles. The fourth-order valence-electron chi connectivity index (χ4n) is 4.37. The van der Waals surface area contributed by atoms with Crippen LogP contribution in [0.15, 0.2) is 42.7 Å². The van der Waals surface area contributed by atoms with Gasteiger partial charge < -0.3 is 20.7 Å². The van der Waals surface area contributed by atoms with Gasteiger partial charge in [0.25, 0.3) is 5.91 Å². The maximum atomic E-state index is 12.4. The van der Waals surface area contributed by atoms with Gasteiger partial charge in [0.1, 0.15) is 11.4 Å². The van der Waals surface area contributed by atoms with Gasteiger partial charge in [-0.2, -0.15) is 10.2 Å². The predicted octanol–water partition coefficient (Wildman–Crippen LogP) is 2.91. The lowest BCUT2D eigenvalue weighted by atomic mass is 9.98. The Labute approximate surface area is 202 Å². The minimum absolute atomic E-state index is 0.0549. The Kier molecular flexibility index (Phi) is 5.64. The van der Waals surface area contributed by atoms with Gasteiger partial charge in [-0.05, 0) is 30.7 Å². The van der Waals surface area contributed by atoms with Crippen LogP contribution in [-0.2, 0) is 23.7 Å². The van der Waals surface area contributed by atoms with E-state index in [1.165, 1.54) is 0 Å². The highest BCUT2D eigenvalue weighted by atomic mass is 16.5. The van der Waals surface area contributed by atoms with Crippen molar-refractivity contribution in [1.29, 1.82) is 0 Å². The quantitative estimate of drug-likeness (QED) is 0.411. The number of fused-ring (bicyclic) bond motifs is 2. The average Bonchev–Trinajstić information content (AvgIpc) is 3.36. The first kappa shape index (κ1) is 22.5. The van der Waals surface area contributed by atoms with Gasteiger partial charge in [0.15, 0.2) is 6.61 Å². The van der Waals surface area contributed by atoms with E-state index >= 15 is 0 Å². The molecule has 1 aliphatic rings. The fraction of sp³-hybridized carbons (Fsp3) is 0.280. The third kappa shape index (κ3) is 4.30. The first-order valence-electron chi connectivity index (χ1n) is 11.4. The van der Waals surface area contributed by atoms with Gasteiger partial charge in [0.2, 0.25) is 5.91 Å². The fourth-order valence-corrected chi connectivity index (χ4v) is 4.37. The van der Waals surface area contributed by atoms with Crippen molar-refractivity contribution in [2.24, 2.45) is 14.1 Å². The van der Waals surface area contributed by atoms with Gasteiger partial charge >= 0.3 is 0 Å². The molecule has 0 spiro atoms. The van der Waals surface area contributed by atoms with Crippen LogP contribution in [0.2, 0.25) is 0 Å². The van der Waals surface area contributed by atoms with E-state index in [-0.39, 0.29) is 24.5 Å². The zero-order valence-corrected chi connectivity index (χ0v) is 20.0. The zero-order chi connectivity index (χ0) is 24.7. The SMILES string of the molecule is CNC(=O)COc1cc2c(c(-c3ccc4c(c3)c(-c3cnn(C)c3)nn4C)c1)NC(C)CC(=O)N2. The number of rotatable bonds is 5. The van der Waals surface area contributed by atoms with Gasteiger partial charge in [-0.3, -0.25) is 19.0 Å². The minimum Gasteiger partial charge on any atom is -0.484 e. The number of hydrogen-bond acceptors (Lipinski definition) is 6. The van der Waals surface area contributed by atoms with E-state index in [1.807, 2.05) is 50.1 Å². The van der Waals surface area contributed by atoms with E-state index in [2.05, 4.69) is 27.1 Å². The van der Waals surface area contributed by atoms with Crippen molar-refractivity contribution in [2.45, 2.75) is 19.4 Å². The summed E-state index contributed by atoms with van der Waals surface area (Å²) in [4.78, 5) is 24.2. The monoisotopic (exact) mass is 473 g/mol. The molecule has 3 N–H and O–H groups in total. The third-order valence-electron chi connectivity index (χ3n) is 6.06. The second-order valence-corrected chi connectivity index (χ2v) is 8.76. The summed E-state index contributed by atoms with van der Waals surface area (Å²) in [7, 11) is 5.35. The third-order valence-corrected chi connectivity index (χ3v) is 6.06. The molecule has 4 aromatic rings. The largest absolute Gasteiger partial charge is 0.484 e. The van der Waals surface area contributed by atoms with E-state index in [9.17, 15) is 9.59 Å². The van der Waals surface area contributed by atoms with Crippen LogP contribution >= 0.6 is 0 Å². The van der Waals surface area contributed by atoms with Gasteiger partial charge in [-0.1, -0.05) is 6.07 Å². The van der Waals surface area contributed by atoms with Crippen molar-refractivity contribution < 1.29 is 14.3 Å². The molecule has 1 aliphatic heterocycles. The molecule has 35 heavy (non-hydrogen) atoms. The maximum Gasteiger partial charge on any atom is 0.257 e. The van der Waals surface area contributed by atoms with Crippen molar-refractivity contribution in [2.75, 3.05) is 24.3 Å². The Morgan fingerprint density at radius 1 is 1.23 bits per heavy atom. The molecule has 5 rings (SSSR count). The van der Waals surface area contributed by atoms with Crippen molar-refractivity contribution in [3.8, 4) is 28.1 Å². The van der Waals surface area contributed by atoms with Crippen molar-refractivity contribution in [3.05, 3.63) is 42.7 Å². The summed E-state index contributed by atoms with van der Waals surface area (Å²) in [5.41, 5.74) is 5.95. The summed E-state index contributed by atoms with van der Waals surface area (Å²) >= 11 is 0. The Balaban J connectivity index is 1.67. The predicted molar refractivity (Wildman–Crippen MR) is 134 cm³/mol. The molecular weight excluding hydrogens is 446 g/mol. The highest BCUT2D eigenvalue weighted by Gasteiger charge is 2.23. The summed E-state index contributed by atoms with van der Waals surface area (Å²) in [6.07, 6.45) is 4.08. The summed E-state index contributed by atoms with van der Waals surface area (Å²) in [5.74, 6) is 0.160. The number of anilines is 2. The Bertz CT molecular complexity index is 1450. The van der Waals surface area contributed by atoms with E-state index in [1.54, 1.807) is 24.0 Å². The number of carbonyl (C=O) groups excluding carboxylic acids is 2. The van der Waals surface area contributed by atoms with Crippen LogP contribution in [-0.4, -0.2) is 51.1 Å². The number of likely N-dealkylation sites (N-methyl/N-ethyl adjacent to an activating group) is 1. The number of aryl methyl sites for hydroxylation is 2. The van der Waals surface area contributed by atoms with E-state index < -0.39 is 0 Å². The second-order valence-electron chi connectivity index (χ2n) is 8.76. The van der Waals surface area contributed by atoms with Crippen LogP contribution in [0.3, 0.4) is 0 Å². The smallest absolute Gasteiger partial charge is 0.257 e. The van der Waals surface area contributed by atoms with Crippen LogP contribution in [0.25, 0.3) is 33.3 Å². The lowest BCUT2D eigenvalue weighted by molar-refractivity contribution is -0.122. The maximum absolute atomic E-state index is 12.4. The second kappa shape index (κ2) is 8.79. The molecule has 10 heteroatoms. The van der Waals surface area contributed by atoms with Gasteiger partial charge in [-0.15, -0.1) is 0 Å². The highest BCUT2D eigenvalue weighted by molar-refractivity contribution is 6.03. The number of aromatic nitrogens is 4. The van der Waals surface area contributed by atoms with Gasteiger partial charge in [0, 0.05) is 62.4 Å². The van der Waals surface area contributed by atoms with Crippen LogP contribution < -0.4 is 20.7 Å². The summed E-state index contributed by atoms with van der Waals surface area (Å²) in [6.45, 7) is 1.85. The van der Waals surface area contributed by atoms with E-state index in [0.717, 1.165) is 39.0 Å². The summed E-state index contributed by atoms with van der Waals surface area (Å²) in [5, 5.41) is 19.0. The molecule has 1 unspecified atom stereocenters. The van der Waals surface area contributed by atoms with Crippen LogP contribution in [0, 0.1) is 0 Å². The minimum atomic E-state index is -0.241. The number of hydrogen-bond donors (Lipinski definition) is 3. The number of amides is 2. The first-order chi connectivity index (χ1) is 16.8. The van der Waals surface area contributed by atoms with Crippen LogP contribution in [0.1, 0.15) is 13.3 Å². The van der Waals surface area contributed by atoms with Crippen LogP contribution in [0.5, 0.6) is 5.75 Å². The number of nitrogens with one attached hydrogen (secondary N) is 3. The first-order valence-corrected chi connectivity index (χ1v) is 11.4. The number of nitrogens with zero attached hydrogens (tertiary/aromatic N) is 4. The normalized spacial score (nSPS) is 15.2.